The Bertz CT molecular complexity index is 358. The van der Waals surface area contributed by atoms with E-state index in [4.69, 9.17) is 4.74 Å². The van der Waals surface area contributed by atoms with Crippen LogP contribution in [0.3, 0.4) is 0 Å². The summed E-state index contributed by atoms with van der Waals surface area (Å²) in [6, 6.07) is 8.16. The molecule has 0 bridgehead atoms. The van der Waals surface area contributed by atoms with Crippen molar-refractivity contribution >= 4 is 0 Å². The van der Waals surface area contributed by atoms with E-state index in [1.165, 1.54) is 5.56 Å². The highest BCUT2D eigenvalue weighted by atomic mass is 16.5. The molecule has 0 saturated heterocycles. The Kier molecular flexibility index (Phi) is 4.06. The summed E-state index contributed by atoms with van der Waals surface area (Å²) in [5, 5.41) is 9.81. The fourth-order valence-electron chi connectivity index (χ4n) is 2.03. The minimum Gasteiger partial charge on any atom is -0.491 e. The molecule has 2 nitrogen and oxygen atoms in total. The zero-order valence-electron chi connectivity index (χ0n) is 10.7. The van der Waals surface area contributed by atoms with Crippen molar-refractivity contribution < 1.29 is 9.84 Å². The van der Waals surface area contributed by atoms with Crippen molar-refractivity contribution in [3.63, 3.8) is 0 Å². The van der Waals surface area contributed by atoms with Crippen molar-refractivity contribution in [1.82, 2.24) is 0 Å². The molecule has 2 heteroatoms. The largest absolute Gasteiger partial charge is 0.491 e. The number of rotatable bonds is 6. The van der Waals surface area contributed by atoms with Gasteiger partial charge in [-0.05, 0) is 42.7 Å². The van der Waals surface area contributed by atoms with Crippen LogP contribution in [0.2, 0.25) is 0 Å². The van der Waals surface area contributed by atoms with Gasteiger partial charge in [-0.25, -0.2) is 0 Å². The molecular weight excluding hydrogens is 212 g/mol. The van der Waals surface area contributed by atoms with Crippen molar-refractivity contribution in [2.45, 2.75) is 45.1 Å². The Morgan fingerprint density at radius 1 is 1.35 bits per heavy atom. The molecule has 0 aliphatic heterocycles. The lowest BCUT2D eigenvalue weighted by Crippen LogP contribution is -2.20. The molecule has 0 heterocycles. The Balaban J connectivity index is 1.98. The topological polar surface area (TPSA) is 29.5 Å². The second kappa shape index (κ2) is 5.54. The van der Waals surface area contributed by atoms with Gasteiger partial charge in [0.2, 0.25) is 0 Å². The van der Waals surface area contributed by atoms with Gasteiger partial charge < -0.3 is 9.84 Å². The molecule has 1 N–H and O–H groups in total. The Morgan fingerprint density at radius 3 is 2.71 bits per heavy atom. The molecule has 1 saturated carbocycles. The van der Waals surface area contributed by atoms with E-state index in [2.05, 4.69) is 19.9 Å². The average molecular weight is 234 g/mol. The normalized spacial score (nSPS) is 18.8. The molecule has 0 radical (unpaired) electrons. The van der Waals surface area contributed by atoms with Gasteiger partial charge in [-0.1, -0.05) is 32.0 Å². The number of para-hydroxylation sites is 1. The first-order valence-corrected chi connectivity index (χ1v) is 6.62. The van der Waals surface area contributed by atoms with Gasteiger partial charge in [0, 0.05) is 0 Å². The average Bonchev–Trinajstić information content (AvgIpc) is 3.19. The second-order valence-electron chi connectivity index (χ2n) is 5.06. The summed E-state index contributed by atoms with van der Waals surface area (Å²) >= 11 is 0. The van der Waals surface area contributed by atoms with Gasteiger partial charge in [-0.15, -0.1) is 0 Å². The molecule has 0 spiro atoms. The van der Waals surface area contributed by atoms with Crippen molar-refractivity contribution in [2.24, 2.45) is 5.92 Å². The first-order chi connectivity index (χ1) is 8.22. The lowest BCUT2D eigenvalue weighted by atomic mass is 9.98. The van der Waals surface area contributed by atoms with Crippen LogP contribution in [-0.4, -0.2) is 17.8 Å². The number of hydrogen-bond acceptors (Lipinski definition) is 2. The number of ether oxygens (including phenoxy) is 1. The van der Waals surface area contributed by atoms with Crippen molar-refractivity contribution in [2.75, 3.05) is 6.61 Å². The van der Waals surface area contributed by atoms with Gasteiger partial charge in [0.1, 0.15) is 12.4 Å². The van der Waals surface area contributed by atoms with Crippen LogP contribution in [0.4, 0.5) is 0 Å². The van der Waals surface area contributed by atoms with Crippen LogP contribution in [0.25, 0.3) is 0 Å². The van der Waals surface area contributed by atoms with Crippen molar-refractivity contribution in [3.05, 3.63) is 29.8 Å². The van der Waals surface area contributed by atoms with Crippen LogP contribution in [0, 0.1) is 5.92 Å². The summed E-state index contributed by atoms with van der Waals surface area (Å²) in [6.45, 7) is 4.82. The van der Waals surface area contributed by atoms with E-state index in [1.54, 1.807) is 0 Å². The van der Waals surface area contributed by atoms with Crippen LogP contribution >= 0.6 is 0 Å². The fourth-order valence-corrected chi connectivity index (χ4v) is 2.03. The zero-order chi connectivity index (χ0) is 12.3. The van der Waals surface area contributed by atoms with Crippen LogP contribution < -0.4 is 4.74 Å². The van der Waals surface area contributed by atoms with Gasteiger partial charge in [-0.3, -0.25) is 0 Å². The minimum atomic E-state index is -0.292. The standard InChI is InChI=1S/C15H22O2/c1-3-11(2)13-6-4-5-7-15(13)17-10-14(16)12-8-9-12/h4-7,11-12,14,16H,3,8-10H2,1-2H3. The molecule has 1 aliphatic carbocycles. The molecule has 2 atom stereocenters. The number of aliphatic hydroxyl groups excluding tert-OH is 1. The first kappa shape index (κ1) is 12.4. The highest BCUT2D eigenvalue weighted by molar-refractivity contribution is 5.35. The van der Waals surface area contributed by atoms with Gasteiger partial charge in [0.25, 0.3) is 0 Å². The predicted molar refractivity (Wildman–Crippen MR) is 69.4 cm³/mol. The third-order valence-corrected chi connectivity index (χ3v) is 3.64. The minimum absolute atomic E-state index is 0.292. The molecule has 1 aromatic rings. The second-order valence-corrected chi connectivity index (χ2v) is 5.06. The molecule has 17 heavy (non-hydrogen) atoms. The van der Waals surface area contributed by atoms with Crippen LogP contribution in [-0.2, 0) is 0 Å². The van der Waals surface area contributed by atoms with Crippen molar-refractivity contribution in [3.8, 4) is 5.75 Å². The number of benzene rings is 1. The zero-order valence-corrected chi connectivity index (χ0v) is 10.7. The third kappa shape index (κ3) is 3.22. The fraction of sp³-hybridized carbons (Fsp3) is 0.600. The van der Waals surface area contributed by atoms with Gasteiger partial charge in [0.05, 0.1) is 6.10 Å². The molecule has 2 rings (SSSR count). The molecule has 1 fully saturated rings. The lowest BCUT2D eigenvalue weighted by Gasteiger charge is -2.17. The third-order valence-electron chi connectivity index (χ3n) is 3.64. The lowest BCUT2D eigenvalue weighted by molar-refractivity contribution is 0.0888. The molecule has 1 aromatic carbocycles. The summed E-state index contributed by atoms with van der Waals surface area (Å²) < 4.78 is 5.77. The summed E-state index contributed by atoms with van der Waals surface area (Å²) in [7, 11) is 0. The van der Waals surface area contributed by atoms with E-state index >= 15 is 0 Å². The number of hydrogen-bond donors (Lipinski definition) is 1. The monoisotopic (exact) mass is 234 g/mol. The maximum Gasteiger partial charge on any atom is 0.122 e. The van der Waals surface area contributed by atoms with Crippen molar-refractivity contribution in [1.29, 1.82) is 0 Å². The highest BCUT2D eigenvalue weighted by Gasteiger charge is 2.30. The Morgan fingerprint density at radius 2 is 2.06 bits per heavy atom. The molecule has 1 aliphatic rings. The quantitative estimate of drug-likeness (QED) is 0.818. The molecule has 0 aromatic heterocycles. The highest BCUT2D eigenvalue weighted by Crippen LogP contribution is 2.33. The maximum absolute atomic E-state index is 9.81. The maximum atomic E-state index is 9.81. The summed E-state index contributed by atoms with van der Waals surface area (Å²) in [5.41, 5.74) is 1.25. The summed E-state index contributed by atoms with van der Waals surface area (Å²) in [5.74, 6) is 1.91. The van der Waals surface area contributed by atoms with E-state index in [0.29, 0.717) is 18.4 Å². The first-order valence-electron chi connectivity index (χ1n) is 6.62. The molecule has 94 valence electrons. The Labute approximate surface area is 104 Å². The number of aliphatic hydroxyl groups is 1. The van der Waals surface area contributed by atoms with E-state index < -0.39 is 0 Å². The van der Waals surface area contributed by atoms with E-state index in [1.807, 2.05) is 18.2 Å². The smallest absolute Gasteiger partial charge is 0.122 e. The van der Waals surface area contributed by atoms with Crippen LogP contribution in [0.5, 0.6) is 5.75 Å². The predicted octanol–water partition coefficient (Wildman–Crippen LogP) is 3.35. The van der Waals surface area contributed by atoms with Gasteiger partial charge in [-0.2, -0.15) is 0 Å². The van der Waals surface area contributed by atoms with Gasteiger partial charge in [0.15, 0.2) is 0 Å². The van der Waals surface area contributed by atoms with Crippen LogP contribution in [0.1, 0.15) is 44.6 Å². The molecule has 2 unspecified atom stereocenters. The molecule has 0 amide bonds. The Hall–Kier alpha value is -1.02. The van der Waals surface area contributed by atoms with E-state index in [9.17, 15) is 5.11 Å². The molecular formula is C15H22O2. The SMILES string of the molecule is CCC(C)c1ccccc1OCC(O)C1CC1. The summed E-state index contributed by atoms with van der Waals surface area (Å²) in [6.07, 6.45) is 3.11. The summed E-state index contributed by atoms with van der Waals surface area (Å²) in [4.78, 5) is 0. The van der Waals surface area contributed by atoms with E-state index in [0.717, 1.165) is 25.0 Å². The van der Waals surface area contributed by atoms with E-state index in [-0.39, 0.29) is 6.10 Å². The van der Waals surface area contributed by atoms with Crippen LogP contribution in [0.15, 0.2) is 24.3 Å². The van der Waals surface area contributed by atoms with Gasteiger partial charge >= 0.3 is 0 Å².